The van der Waals surface area contributed by atoms with Gasteiger partial charge in [0.05, 0.1) is 18.4 Å². The second-order valence-electron chi connectivity index (χ2n) is 3.45. The SMILES string of the molecule is CCCS(=O)(=O)NC(=O)c1ccccc1OC. The van der Waals surface area contributed by atoms with Gasteiger partial charge in [-0.2, -0.15) is 0 Å². The fourth-order valence-electron chi connectivity index (χ4n) is 1.35. The third kappa shape index (κ3) is 3.74. The van der Waals surface area contributed by atoms with Gasteiger partial charge in [-0.15, -0.1) is 0 Å². The molecule has 17 heavy (non-hydrogen) atoms. The van der Waals surface area contributed by atoms with Crippen molar-refractivity contribution in [3.05, 3.63) is 29.8 Å². The van der Waals surface area contributed by atoms with Crippen molar-refractivity contribution in [2.45, 2.75) is 13.3 Å². The Labute approximate surface area is 101 Å². The Morgan fingerprint density at radius 2 is 2.00 bits per heavy atom. The molecule has 94 valence electrons. The Hall–Kier alpha value is -1.56. The molecule has 0 saturated carbocycles. The Morgan fingerprint density at radius 3 is 2.59 bits per heavy atom. The van der Waals surface area contributed by atoms with E-state index in [0.717, 1.165) is 0 Å². The Balaban J connectivity index is 2.91. The van der Waals surface area contributed by atoms with Crippen molar-refractivity contribution in [1.29, 1.82) is 0 Å². The quantitative estimate of drug-likeness (QED) is 0.859. The number of amides is 1. The van der Waals surface area contributed by atoms with E-state index in [-0.39, 0.29) is 11.3 Å². The van der Waals surface area contributed by atoms with Crippen LogP contribution in [0.25, 0.3) is 0 Å². The molecule has 0 unspecified atom stereocenters. The third-order valence-corrected chi connectivity index (χ3v) is 3.51. The number of carbonyl (C=O) groups excluding carboxylic acids is 1. The zero-order valence-corrected chi connectivity index (χ0v) is 10.6. The predicted octanol–water partition coefficient (Wildman–Crippen LogP) is 1.16. The van der Waals surface area contributed by atoms with Crippen LogP contribution in [0, 0.1) is 0 Å². The molecule has 0 heterocycles. The Morgan fingerprint density at radius 1 is 1.35 bits per heavy atom. The highest BCUT2D eigenvalue weighted by molar-refractivity contribution is 7.90. The molecule has 1 aromatic rings. The third-order valence-electron chi connectivity index (χ3n) is 2.07. The minimum Gasteiger partial charge on any atom is -0.496 e. The maximum absolute atomic E-state index is 11.7. The molecule has 0 aromatic heterocycles. The molecule has 0 saturated heterocycles. The van der Waals surface area contributed by atoms with Crippen LogP contribution in [-0.4, -0.2) is 27.2 Å². The Bertz CT molecular complexity index is 496. The van der Waals surface area contributed by atoms with Gasteiger partial charge in [0.15, 0.2) is 0 Å². The van der Waals surface area contributed by atoms with Crippen LogP contribution in [0.15, 0.2) is 24.3 Å². The number of ether oxygens (including phenoxy) is 1. The first-order valence-corrected chi connectivity index (χ1v) is 6.83. The van der Waals surface area contributed by atoms with Crippen molar-refractivity contribution in [1.82, 2.24) is 4.72 Å². The fraction of sp³-hybridized carbons (Fsp3) is 0.364. The number of methoxy groups -OCH3 is 1. The highest BCUT2D eigenvalue weighted by atomic mass is 32.2. The van der Waals surface area contributed by atoms with Crippen molar-refractivity contribution in [2.75, 3.05) is 12.9 Å². The van der Waals surface area contributed by atoms with Gasteiger partial charge in [-0.05, 0) is 18.6 Å². The summed E-state index contributed by atoms with van der Waals surface area (Å²) in [6, 6.07) is 6.46. The van der Waals surface area contributed by atoms with Crippen LogP contribution >= 0.6 is 0 Å². The molecule has 0 aliphatic carbocycles. The zero-order valence-electron chi connectivity index (χ0n) is 9.76. The van der Waals surface area contributed by atoms with E-state index < -0.39 is 15.9 Å². The maximum atomic E-state index is 11.7. The van der Waals surface area contributed by atoms with Crippen molar-refractivity contribution in [2.24, 2.45) is 0 Å². The molecular weight excluding hydrogens is 242 g/mol. The van der Waals surface area contributed by atoms with E-state index in [4.69, 9.17) is 4.74 Å². The maximum Gasteiger partial charge on any atom is 0.268 e. The molecular formula is C11H15NO4S. The van der Waals surface area contributed by atoms with Crippen LogP contribution in [0.2, 0.25) is 0 Å². The number of carbonyl (C=O) groups is 1. The van der Waals surface area contributed by atoms with E-state index in [2.05, 4.69) is 0 Å². The first-order valence-electron chi connectivity index (χ1n) is 5.18. The van der Waals surface area contributed by atoms with Crippen molar-refractivity contribution < 1.29 is 17.9 Å². The van der Waals surface area contributed by atoms with Gasteiger partial charge in [-0.3, -0.25) is 4.79 Å². The van der Waals surface area contributed by atoms with Gasteiger partial charge >= 0.3 is 0 Å². The summed E-state index contributed by atoms with van der Waals surface area (Å²) < 4.78 is 29.9. The van der Waals surface area contributed by atoms with Gasteiger partial charge in [0, 0.05) is 0 Å². The molecule has 1 N–H and O–H groups in total. The number of benzene rings is 1. The summed E-state index contributed by atoms with van der Waals surface area (Å²) in [5, 5.41) is 0. The average Bonchev–Trinajstić information content (AvgIpc) is 2.28. The standard InChI is InChI=1S/C11H15NO4S/c1-3-8-17(14,15)12-11(13)9-6-4-5-7-10(9)16-2/h4-7H,3,8H2,1-2H3,(H,12,13). The van der Waals surface area contributed by atoms with Gasteiger partial charge in [0.1, 0.15) is 5.75 Å². The van der Waals surface area contributed by atoms with Crippen LogP contribution in [0.5, 0.6) is 5.75 Å². The van der Waals surface area contributed by atoms with Gasteiger partial charge in [0.2, 0.25) is 10.0 Å². The topological polar surface area (TPSA) is 72.5 Å². The fourth-order valence-corrected chi connectivity index (χ4v) is 2.38. The van der Waals surface area contributed by atoms with E-state index >= 15 is 0 Å². The highest BCUT2D eigenvalue weighted by Gasteiger charge is 2.17. The number of sulfonamides is 1. The van der Waals surface area contributed by atoms with Crippen LogP contribution in [0.3, 0.4) is 0 Å². The summed E-state index contributed by atoms with van der Waals surface area (Å²) in [7, 11) is -2.14. The minimum absolute atomic E-state index is 0.0755. The van der Waals surface area contributed by atoms with Gasteiger partial charge < -0.3 is 4.74 Å². The molecule has 0 fully saturated rings. The molecule has 0 radical (unpaired) electrons. The monoisotopic (exact) mass is 257 g/mol. The molecule has 1 amide bonds. The second-order valence-corrected chi connectivity index (χ2v) is 5.29. The summed E-state index contributed by atoms with van der Waals surface area (Å²) in [6.45, 7) is 1.73. The first-order chi connectivity index (χ1) is 8.00. The summed E-state index contributed by atoms with van der Waals surface area (Å²) in [5.41, 5.74) is 0.203. The lowest BCUT2D eigenvalue weighted by Crippen LogP contribution is -2.32. The molecule has 0 bridgehead atoms. The number of nitrogens with one attached hydrogen (secondary N) is 1. The zero-order chi connectivity index (χ0) is 12.9. The predicted molar refractivity (Wildman–Crippen MR) is 64.5 cm³/mol. The molecule has 5 nitrogen and oxygen atoms in total. The number of hydrogen-bond donors (Lipinski definition) is 1. The minimum atomic E-state index is -3.56. The Kier molecular flexibility index (Phi) is 4.51. The molecule has 0 spiro atoms. The van der Waals surface area contributed by atoms with Crippen LogP contribution < -0.4 is 9.46 Å². The summed E-state index contributed by atoms with van der Waals surface area (Å²) >= 11 is 0. The smallest absolute Gasteiger partial charge is 0.268 e. The van der Waals surface area contributed by atoms with Crippen LogP contribution in [0.1, 0.15) is 23.7 Å². The van der Waals surface area contributed by atoms with E-state index in [1.165, 1.54) is 13.2 Å². The van der Waals surface area contributed by atoms with Crippen molar-refractivity contribution >= 4 is 15.9 Å². The van der Waals surface area contributed by atoms with E-state index in [0.29, 0.717) is 12.2 Å². The number of para-hydroxylation sites is 1. The molecule has 6 heteroatoms. The van der Waals surface area contributed by atoms with Crippen molar-refractivity contribution in [3.8, 4) is 5.75 Å². The molecule has 0 aliphatic rings. The highest BCUT2D eigenvalue weighted by Crippen LogP contribution is 2.17. The van der Waals surface area contributed by atoms with Gasteiger partial charge in [0.25, 0.3) is 5.91 Å². The summed E-state index contributed by atoms with van der Waals surface area (Å²) in [6.07, 6.45) is 0.453. The van der Waals surface area contributed by atoms with Crippen LogP contribution in [0.4, 0.5) is 0 Å². The van der Waals surface area contributed by atoms with Gasteiger partial charge in [-0.25, -0.2) is 13.1 Å². The lowest BCUT2D eigenvalue weighted by atomic mass is 10.2. The van der Waals surface area contributed by atoms with Gasteiger partial charge in [-0.1, -0.05) is 19.1 Å². The molecule has 1 aromatic carbocycles. The normalized spacial score (nSPS) is 10.9. The lowest BCUT2D eigenvalue weighted by molar-refractivity contribution is 0.0978. The van der Waals surface area contributed by atoms with E-state index in [1.54, 1.807) is 25.1 Å². The second kappa shape index (κ2) is 5.67. The average molecular weight is 257 g/mol. The molecule has 0 aliphatic heterocycles. The van der Waals surface area contributed by atoms with Crippen molar-refractivity contribution in [3.63, 3.8) is 0 Å². The van der Waals surface area contributed by atoms with E-state index in [1.807, 2.05) is 4.72 Å². The molecule has 0 atom stereocenters. The molecule has 1 rings (SSSR count). The lowest BCUT2D eigenvalue weighted by Gasteiger charge is -2.08. The summed E-state index contributed by atoms with van der Waals surface area (Å²) in [4.78, 5) is 11.7. The van der Waals surface area contributed by atoms with Crippen LogP contribution in [-0.2, 0) is 10.0 Å². The summed E-state index contributed by atoms with van der Waals surface area (Å²) in [5.74, 6) is -0.402. The first kappa shape index (κ1) is 13.5. The number of hydrogen-bond acceptors (Lipinski definition) is 4. The van der Waals surface area contributed by atoms with E-state index in [9.17, 15) is 13.2 Å². The number of rotatable bonds is 5. The largest absolute Gasteiger partial charge is 0.496 e.